The lowest BCUT2D eigenvalue weighted by atomic mass is 10.1. The molecule has 0 saturated carbocycles. The number of carbonyl (C=O) groups is 1. The average molecular weight is 420 g/mol. The number of nitrogens with one attached hydrogen (secondary N) is 1. The summed E-state index contributed by atoms with van der Waals surface area (Å²) >= 11 is 0. The summed E-state index contributed by atoms with van der Waals surface area (Å²) < 4.78 is 18.0. The number of hydrogen-bond donors (Lipinski definition) is 1. The summed E-state index contributed by atoms with van der Waals surface area (Å²) in [6, 6.07) is 15.3. The second kappa shape index (κ2) is 8.49. The van der Waals surface area contributed by atoms with Gasteiger partial charge in [0.25, 0.3) is 5.91 Å². The highest BCUT2D eigenvalue weighted by Gasteiger charge is 2.40. The topological polar surface area (TPSA) is 89.6 Å². The van der Waals surface area contributed by atoms with Gasteiger partial charge in [0, 0.05) is 24.3 Å². The van der Waals surface area contributed by atoms with Crippen LogP contribution in [0, 0.1) is 6.92 Å². The van der Waals surface area contributed by atoms with Crippen LogP contribution in [-0.2, 0) is 9.47 Å². The molecule has 5 rings (SSSR count). The molecule has 0 aliphatic carbocycles. The summed E-state index contributed by atoms with van der Waals surface area (Å²) in [7, 11) is 0. The Balaban J connectivity index is 1.19. The van der Waals surface area contributed by atoms with E-state index in [0.29, 0.717) is 37.7 Å². The number of nitrogens with zero attached hydrogens (tertiary/aromatic N) is 3. The Bertz CT molecular complexity index is 1020. The minimum atomic E-state index is -0.208. The number of H-pyrrole nitrogens is 1. The maximum Gasteiger partial charge on any atom is 0.272 e. The monoisotopic (exact) mass is 420 g/mol. The molecule has 2 atom stereocenters. The van der Waals surface area contributed by atoms with E-state index < -0.39 is 0 Å². The van der Waals surface area contributed by atoms with E-state index in [9.17, 15) is 4.79 Å². The molecule has 0 bridgehead atoms. The number of aromatic amines is 1. The van der Waals surface area contributed by atoms with Gasteiger partial charge >= 0.3 is 0 Å². The first-order valence-electron chi connectivity index (χ1n) is 10.4. The first-order chi connectivity index (χ1) is 15.2. The van der Waals surface area contributed by atoms with Gasteiger partial charge in [0.15, 0.2) is 0 Å². The Morgan fingerprint density at radius 3 is 2.52 bits per heavy atom. The normalized spacial score (nSPS) is 21.5. The molecule has 2 aliphatic rings. The fourth-order valence-electron chi connectivity index (χ4n) is 3.88. The highest BCUT2D eigenvalue weighted by molar-refractivity contribution is 5.93. The predicted molar refractivity (Wildman–Crippen MR) is 113 cm³/mol. The van der Waals surface area contributed by atoms with E-state index in [0.717, 1.165) is 17.0 Å². The van der Waals surface area contributed by atoms with E-state index in [1.165, 1.54) is 0 Å². The van der Waals surface area contributed by atoms with Crippen LogP contribution in [0.25, 0.3) is 11.3 Å². The Morgan fingerprint density at radius 2 is 1.84 bits per heavy atom. The van der Waals surface area contributed by atoms with Gasteiger partial charge in [-0.05, 0) is 25.1 Å². The molecule has 160 valence electrons. The zero-order valence-electron chi connectivity index (χ0n) is 17.2. The highest BCUT2D eigenvalue weighted by atomic mass is 16.6. The summed E-state index contributed by atoms with van der Waals surface area (Å²) in [4.78, 5) is 19.0. The third-order valence-corrected chi connectivity index (χ3v) is 5.56. The van der Waals surface area contributed by atoms with Crippen molar-refractivity contribution in [2.45, 2.75) is 25.2 Å². The molecule has 2 fully saturated rings. The van der Waals surface area contributed by atoms with Gasteiger partial charge in [-0.2, -0.15) is 5.10 Å². The van der Waals surface area contributed by atoms with Crippen molar-refractivity contribution in [3.05, 3.63) is 66.1 Å². The van der Waals surface area contributed by atoms with Crippen molar-refractivity contribution >= 4 is 5.91 Å². The van der Waals surface area contributed by atoms with Crippen LogP contribution < -0.4 is 4.74 Å². The van der Waals surface area contributed by atoms with Crippen LogP contribution in [0.3, 0.4) is 0 Å². The lowest BCUT2D eigenvalue weighted by Gasteiger charge is -2.19. The van der Waals surface area contributed by atoms with Crippen LogP contribution in [0.1, 0.15) is 16.2 Å². The van der Waals surface area contributed by atoms with Crippen LogP contribution in [-0.4, -0.2) is 70.6 Å². The van der Waals surface area contributed by atoms with Crippen molar-refractivity contribution in [2.24, 2.45) is 0 Å². The van der Waals surface area contributed by atoms with Crippen molar-refractivity contribution in [2.75, 3.05) is 26.3 Å². The molecule has 2 aliphatic heterocycles. The highest BCUT2D eigenvalue weighted by Crippen LogP contribution is 2.24. The van der Waals surface area contributed by atoms with E-state index in [1.54, 1.807) is 17.2 Å². The third kappa shape index (κ3) is 4.30. The summed E-state index contributed by atoms with van der Waals surface area (Å²) in [5.41, 5.74) is 3.11. The van der Waals surface area contributed by atoms with Crippen LogP contribution in [0.2, 0.25) is 0 Å². The Labute approximate surface area is 180 Å². The Morgan fingerprint density at radius 1 is 1.10 bits per heavy atom. The first-order valence-corrected chi connectivity index (χ1v) is 10.4. The van der Waals surface area contributed by atoms with Gasteiger partial charge in [-0.1, -0.05) is 30.3 Å². The summed E-state index contributed by atoms with van der Waals surface area (Å²) in [6.45, 7) is 3.68. The number of hydrogen-bond acceptors (Lipinski definition) is 6. The molecule has 3 aromatic rings. The average Bonchev–Trinajstić information content (AvgIpc) is 3.41. The number of amides is 1. The SMILES string of the molecule is Cc1ccc(OC2CO[C@H]3CN(C(=O)c4cc(-c5ccccc5)n[nH]4)C[C@@H]3OC2)cn1. The molecule has 8 nitrogen and oxygen atoms in total. The fraction of sp³-hybridized carbons (Fsp3) is 0.348. The molecule has 4 heterocycles. The summed E-state index contributed by atoms with van der Waals surface area (Å²) in [5, 5.41) is 7.15. The van der Waals surface area contributed by atoms with Crippen LogP contribution in [0.4, 0.5) is 0 Å². The molecule has 0 spiro atoms. The van der Waals surface area contributed by atoms with Gasteiger partial charge in [0.05, 0.1) is 25.1 Å². The van der Waals surface area contributed by atoms with E-state index in [1.807, 2.05) is 49.4 Å². The molecule has 31 heavy (non-hydrogen) atoms. The first kappa shape index (κ1) is 19.7. The number of likely N-dealkylation sites (tertiary alicyclic amines) is 1. The van der Waals surface area contributed by atoms with Crippen molar-refractivity contribution in [3.8, 4) is 17.0 Å². The summed E-state index contributed by atoms with van der Waals surface area (Å²) in [5.74, 6) is 0.591. The second-order valence-electron chi connectivity index (χ2n) is 7.86. The van der Waals surface area contributed by atoms with Crippen LogP contribution >= 0.6 is 0 Å². The zero-order valence-corrected chi connectivity index (χ0v) is 17.2. The molecule has 8 heteroatoms. The maximum absolute atomic E-state index is 13.0. The quantitative estimate of drug-likeness (QED) is 0.698. The van der Waals surface area contributed by atoms with Crippen LogP contribution in [0.5, 0.6) is 5.75 Å². The number of rotatable bonds is 4. The number of benzene rings is 1. The number of fused-ring (bicyclic) bond motifs is 1. The largest absolute Gasteiger partial charge is 0.484 e. The van der Waals surface area contributed by atoms with Gasteiger partial charge in [0.2, 0.25) is 0 Å². The van der Waals surface area contributed by atoms with E-state index in [-0.39, 0.29) is 24.2 Å². The van der Waals surface area contributed by atoms with Gasteiger partial charge in [-0.3, -0.25) is 14.9 Å². The smallest absolute Gasteiger partial charge is 0.272 e. The van der Waals surface area contributed by atoms with E-state index in [4.69, 9.17) is 14.2 Å². The molecular weight excluding hydrogens is 396 g/mol. The van der Waals surface area contributed by atoms with Gasteiger partial charge in [0.1, 0.15) is 29.8 Å². The van der Waals surface area contributed by atoms with Crippen molar-refractivity contribution in [3.63, 3.8) is 0 Å². The lowest BCUT2D eigenvalue weighted by molar-refractivity contribution is -0.00461. The van der Waals surface area contributed by atoms with Crippen LogP contribution in [0.15, 0.2) is 54.7 Å². The minimum Gasteiger partial charge on any atom is -0.484 e. The molecular formula is C23H24N4O4. The lowest BCUT2D eigenvalue weighted by Crippen LogP contribution is -2.33. The standard InChI is InChI=1S/C23H24N4O4/c1-15-7-8-17(10-24-15)31-18-13-29-21-11-27(12-22(21)30-14-18)23(28)20-9-19(25-26-20)16-5-3-2-4-6-16/h2-10,18,21-22H,11-14H2,1H3,(H,25,26)/t21-,22-/m0/s1. The van der Waals surface area contributed by atoms with Gasteiger partial charge in [-0.15, -0.1) is 0 Å². The Hall–Kier alpha value is -3.23. The molecule has 2 aromatic heterocycles. The molecule has 1 aromatic carbocycles. The van der Waals surface area contributed by atoms with Crippen molar-refractivity contribution in [1.29, 1.82) is 0 Å². The second-order valence-corrected chi connectivity index (χ2v) is 7.86. The molecule has 0 radical (unpaired) electrons. The molecule has 2 saturated heterocycles. The number of aryl methyl sites for hydroxylation is 1. The molecule has 1 amide bonds. The predicted octanol–water partition coefficient (Wildman–Crippen LogP) is 2.47. The van der Waals surface area contributed by atoms with E-state index in [2.05, 4.69) is 15.2 Å². The van der Waals surface area contributed by atoms with E-state index >= 15 is 0 Å². The number of pyridine rings is 1. The third-order valence-electron chi connectivity index (χ3n) is 5.56. The fourth-order valence-corrected chi connectivity index (χ4v) is 3.88. The van der Waals surface area contributed by atoms with Crippen molar-refractivity contribution < 1.29 is 19.0 Å². The summed E-state index contributed by atoms with van der Waals surface area (Å²) in [6.07, 6.45) is 1.14. The number of carbonyl (C=O) groups excluding carboxylic acids is 1. The van der Waals surface area contributed by atoms with Crippen molar-refractivity contribution in [1.82, 2.24) is 20.1 Å². The maximum atomic E-state index is 13.0. The zero-order chi connectivity index (χ0) is 21.2. The molecule has 0 unspecified atom stereocenters. The Kier molecular flexibility index (Phi) is 5.40. The minimum absolute atomic E-state index is 0.103. The number of ether oxygens (including phenoxy) is 3. The number of aromatic nitrogens is 3. The van der Waals surface area contributed by atoms with Gasteiger partial charge < -0.3 is 19.1 Å². The molecule has 1 N–H and O–H groups in total. The van der Waals surface area contributed by atoms with Gasteiger partial charge in [-0.25, -0.2) is 0 Å².